The Balaban J connectivity index is 1.24. The minimum atomic E-state index is 0.867. The van der Waals surface area contributed by atoms with E-state index in [0.29, 0.717) is 0 Å². The van der Waals surface area contributed by atoms with Crippen LogP contribution in [0, 0.1) is 0 Å². The van der Waals surface area contributed by atoms with Crippen molar-refractivity contribution in [2.45, 2.75) is 0 Å². The van der Waals surface area contributed by atoms with Gasteiger partial charge in [-0.15, -0.1) is 0 Å². The zero-order valence-corrected chi connectivity index (χ0v) is 23.2. The molecular formula is C40H25NO2. The van der Waals surface area contributed by atoms with E-state index in [2.05, 4.69) is 138 Å². The van der Waals surface area contributed by atoms with E-state index < -0.39 is 0 Å². The van der Waals surface area contributed by atoms with E-state index in [9.17, 15) is 0 Å². The van der Waals surface area contributed by atoms with E-state index >= 15 is 0 Å². The van der Waals surface area contributed by atoms with Crippen LogP contribution in [-0.4, -0.2) is 0 Å². The summed E-state index contributed by atoms with van der Waals surface area (Å²) >= 11 is 0. The lowest BCUT2D eigenvalue weighted by Gasteiger charge is -2.25. The smallest absolute Gasteiger partial charge is 0.143 e. The van der Waals surface area contributed by atoms with Gasteiger partial charge in [0, 0.05) is 50.1 Å². The third kappa shape index (κ3) is 3.83. The van der Waals surface area contributed by atoms with E-state index in [-0.39, 0.29) is 0 Å². The molecule has 0 aliphatic heterocycles. The van der Waals surface area contributed by atoms with Gasteiger partial charge < -0.3 is 13.7 Å². The summed E-state index contributed by atoms with van der Waals surface area (Å²) < 4.78 is 12.7. The average Bonchev–Trinajstić information content (AvgIpc) is 3.64. The molecular weight excluding hydrogens is 526 g/mol. The molecule has 0 fully saturated rings. The minimum Gasteiger partial charge on any atom is -0.456 e. The molecule has 3 heteroatoms. The van der Waals surface area contributed by atoms with Gasteiger partial charge in [-0.1, -0.05) is 91.0 Å². The molecule has 2 aromatic heterocycles. The van der Waals surface area contributed by atoms with Crippen LogP contribution in [0.15, 0.2) is 160 Å². The fourth-order valence-corrected chi connectivity index (χ4v) is 6.37. The predicted octanol–water partition coefficient (Wildman–Crippen LogP) is 11.8. The van der Waals surface area contributed by atoms with Gasteiger partial charge in [0.05, 0.1) is 0 Å². The van der Waals surface area contributed by atoms with Gasteiger partial charge in [0.25, 0.3) is 0 Å². The van der Waals surface area contributed by atoms with Crippen LogP contribution in [0.5, 0.6) is 0 Å². The van der Waals surface area contributed by atoms with Crippen LogP contribution in [0.2, 0.25) is 0 Å². The molecule has 202 valence electrons. The van der Waals surface area contributed by atoms with Gasteiger partial charge in [0.1, 0.15) is 22.3 Å². The molecule has 9 aromatic rings. The Labute approximate surface area is 247 Å². The Morgan fingerprint density at radius 1 is 0.349 bits per heavy atom. The van der Waals surface area contributed by atoms with E-state index in [1.54, 1.807) is 0 Å². The maximum atomic E-state index is 6.43. The number of para-hydroxylation sites is 1. The number of furan rings is 2. The monoisotopic (exact) mass is 551 g/mol. The van der Waals surface area contributed by atoms with Crippen molar-refractivity contribution in [1.82, 2.24) is 0 Å². The highest BCUT2D eigenvalue weighted by Gasteiger charge is 2.18. The number of benzene rings is 7. The van der Waals surface area contributed by atoms with Gasteiger partial charge in [0.15, 0.2) is 0 Å². The molecule has 0 N–H and O–H groups in total. The van der Waals surface area contributed by atoms with Gasteiger partial charge in [-0.25, -0.2) is 0 Å². The molecule has 3 nitrogen and oxygen atoms in total. The summed E-state index contributed by atoms with van der Waals surface area (Å²) in [6, 6.07) is 53.1. The van der Waals surface area contributed by atoms with E-state index in [1.165, 1.54) is 16.5 Å². The third-order valence-corrected chi connectivity index (χ3v) is 8.46. The standard InChI is InChI=1S/C40H25NO2/c1-2-8-26(9-3-1)27-14-17-29(18-15-27)41(31-19-22-34-33-12-6-7-13-37(33)42-39(34)25-31)30-20-23-38-36(24-30)35-21-16-28-10-4-5-11-32(28)40(35)43-38/h1-25H. The van der Waals surface area contributed by atoms with Crippen molar-refractivity contribution >= 4 is 71.7 Å². The lowest BCUT2D eigenvalue weighted by molar-refractivity contribution is 0.669. The summed E-state index contributed by atoms with van der Waals surface area (Å²) in [7, 11) is 0. The Morgan fingerprint density at radius 2 is 0.977 bits per heavy atom. The lowest BCUT2D eigenvalue weighted by Crippen LogP contribution is -2.09. The van der Waals surface area contributed by atoms with Crippen molar-refractivity contribution in [3.05, 3.63) is 152 Å². The van der Waals surface area contributed by atoms with Crippen LogP contribution in [0.4, 0.5) is 17.1 Å². The second-order valence-electron chi connectivity index (χ2n) is 11.0. The lowest BCUT2D eigenvalue weighted by atomic mass is 10.0. The Morgan fingerprint density at radius 3 is 1.86 bits per heavy atom. The molecule has 9 rings (SSSR count). The highest BCUT2D eigenvalue weighted by atomic mass is 16.3. The molecule has 0 saturated heterocycles. The molecule has 0 atom stereocenters. The zero-order valence-electron chi connectivity index (χ0n) is 23.2. The summed E-state index contributed by atoms with van der Waals surface area (Å²) in [4.78, 5) is 2.29. The molecule has 2 heterocycles. The highest BCUT2D eigenvalue weighted by Crippen LogP contribution is 2.42. The first kappa shape index (κ1) is 23.9. The van der Waals surface area contributed by atoms with Crippen molar-refractivity contribution in [3.63, 3.8) is 0 Å². The highest BCUT2D eigenvalue weighted by molar-refractivity contribution is 6.15. The summed E-state index contributed by atoms with van der Waals surface area (Å²) in [5.41, 5.74) is 9.08. The Bertz CT molecular complexity index is 2450. The molecule has 0 unspecified atom stereocenters. The van der Waals surface area contributed by atoms with E-state index in [0.717, 1.165) is 66.3 Å². The van der Waals surface area contributed by atoms with Crippen molar-refractivity contribution < 1.29 is 8.83 Å². The number of hydrogen-bond donors (Lipinski definition) is 0. The Hall–Kier alpha value is -5.80. The molecule has 43 heavy (non-hydrogen) atoms. The van der Waals surface area contributed by atoms with Gasteiger partial charge in [-0.2, -0.15) is 0 Å². The quantitative estimate of drug-likeness (QED) is 0.218. The summed E-state index contributed by atoms with van der Waals surface area (Å²) in [6.45, 7) is 0. The van der Waals surface area contributed by atoms with Crippen molar-refractivity contribution in [3.8, 4) is 11.1 Å². The zero-order chi connectivity index (χ0) is 28.3. The first-order valence-electron chi connectivity index (χ1n) is 14.5. The first-order valence-corrected chi connectivity index (χ1v) is 14.5. The SMILES string of the molecule is c1ccc(-c2ccc(N(c3ccc4c(c3)oc3ccccc34)c3ccc4oc5c6ccccc6ccc5c4c3)cc2)cc1. The Kier molecular flexibility index (Phi) is 5.20. The van der Waals surface area contributed by atoms with Crippen molar-refractivity contribution in [2.75, 3.05) is 4.90 Å². The van der Waals surface area contributed by atoms with Crippen LogP contribution < -0.4 is 4.90 Å². The molecule has 0 bridgehead atoms. The summed E-state index contributed by atoms with van der Waals surface area (Å²) in [6.07, 6.45) is 0. The topological polar surface area (TPSA) is 29.5 Å². The minimum absolute atomic E-state index is 0.867. The molecule has 0 spiro atoms. The number of fused-ring (bicyclic) bond motifs is 8. The second kappa shape index (κ2) is 9.37. The third-order valence-electron chi connectivity index (χ3n) is 8.46. The molecule has 0 amide bonds. The number of hydrogen-bond acceptors (Lipinski definition) is 3. The van der Waals surface area contributed by atoms with Gasteiger partial charge >= 0.3 is 0 Å². The van der Waals surface area contributed by atoms with Gasteiger partial charge in [-0.05, 0) is 71.1 Å². The largest absolute Gasteiger partial charge is 0.456 e. The molecule has 0 aliphatic carbocycles. The maximum absolute atomic E-state index is 6.43. The van der Waals surface area contributed by atoms with E-state index in [4.69, 9.17) is 8.83 Å². The van der Waals surface area contributed by atoms with Gasteiger partial charge in [-0.3, -0.25) is 0 Å². The molecule has 7 aromatic carbocycles. The molecule has 0 saturated carbocycles. The number of nitrogens with zero attached hydrogens (tertiary/aromatic N) is 1. The normalized spacial score (nSPS) is 11.7. The van der Waals surface area contributed by atoms with Crippen LogP contribution >= 0.6 is 0 Å². The first-order chi connectivity index (χ1) is 21.3. The molecule has 0 radical (unpaired) electrons. The number of anilines is 3. The summed E-state index contributed by atoms with van der Waals surface area (Å²) in [5, 5.41) is 6.75. The van der Waals surface area contributed by atoms with Crippen molar-refractivity contribution in [2.24, 2.45) is 0 Å². The molecule has 0 aliphatic rings. The van der Waals surface area contributed by atoms with E-state index in [1.807, 2.05) is 18.2 Å². The van der Waals surface area contributed by atoms with Crippen molar-refractivity contribution in [1.29, 1.82) is 0 Å². The van der Waals surface area contributed by atoms with Crippen LogP contribution in [-0.2, 0) is 0 Å². The van der Waals surface area contributed by atoms with Crippen LogP contribution in [0.25, 0.3) is 65.8 Å². The maximum Gasteiger partial charge on any atom is 0.143 e. The summed E-state index contributed by atoms with van der Waals surface area (Å²) in [5.74, 6) is 0. The second-order valence-corrected chi connectivity index (χ2v) is 11.0. The fourth-order valence-electron chi connectivity index (χ4n) is 6.37. The van der Waals surface area contributed by atoms with Crippen LogP contribution in [0.3, 0.4) is 0 Å². The predicted molar refractivity (Wildman–Crippen MR) is 179 cm³/mol. The average molecular weight is 552 g/mol. The van der Waals surface area contributed by atoms with Gasteiger partial charge in [0.2, 0.25) is 0 Å². The van der Waals surface area contributed by atoms with Crippen LogP contribution in [0.1, 0.15) is 0 Å². The number of rotatable bonds is 4. The fraction of sp³-hybridized carbons (Fsp3) is 0.